The summed E-state index contributed by atoms with van der Waals surface area (Å²) in [5.41, 5.74) is 4.25. The lowest BCUT2D eigenvalue weighted by Crippen LogP contribution is -2.57. The molecule has 1 aromatic rings. The summed E-state index contributed by atoms with van der Waals surface area (Å²) < 4.78 is 0. The van der Waals surface area contributed by atoms with Gasteiger partial charge < -0.3 is 4.90 Å². The van der Waals surface area contributed by atoms with E-state index in [4.69, 9.17) is 0 Å². The van der Waals surface area contributed by atoms with Crippen LogP contribution in [0.25, 0.3) is 0 Å². The number of hydrogen-bond donors (Lipinski definition) is 0. The van der Waals surface area contributed by atoms with Crippen molar-refractivity contribution in [1.29, 1.82) is 0 Å². The first-order valence-corrected chi connectivity index (χ1v) is 10.4. The molecule has 1 aliphatic heterocycles. The molecule has 0 N–H and O–H groups in total. The van der Waals surface area contributed by atoms with Crippen LogP contribution in [-0.4, -0.2) is 24.5 Å². The summed E-state index contributed by atoms with van der Waals surface area (Å²) in [5.74, 6) is 2.02. The van der Waals surface area contributed by atoms with Crippen LogP contribution >= 0.6 is 0 Å². The average molecular weight is 324 g/mol. The van der Waals surface area contributed by atoms with E-state index in [9.17, 15) is 0 Å². The molecule has 1 heterocycles. The van der Waals surface area contributed by atoms with Gasteiger partial charge in [-0.2, -0.15) is 0 Å². The summed E-state index contributed by atoms with van der Waals surface area (Å²) in [5, 5.41) is 0. The Kier molecular flexibility index (Phi) is 3.60. The molecular formula is C23H33N. The molecule has 1 nitrogen and oxygen atoms in total. The molecule has 2 unspecified atom stereocenters. The molecule has 0 spiro atoms. The monoisotopic (exact) mass is 323 g/mol. The molecule has 1 heteroatoms. The fourth-order valence-electron chi connectivity index (χ4n) is 7.47. The van der Waals surface area contributed by atoms with E-state index in [-0.39, 0.29) is 0 Å². The smallest absolute Gasteiger partial charge is 0.00385 e. The van der Waals surface area contributed by atoms with Crippen LogP contribution in [-0.2, 0) is 5.41 Å². The average Bonchev–Trinajstić information content (AvgIpc) is 2.54. The maximum absolute atomic E-state index is 2.83. The van der Waals surface area contributed by atoms with Crippen LogP contribution < -0.4 is 0 Å². The third-order valence-corrected chi connectivity index (χ3v) is 7.85. The number of nitrogens with zero attached hydrogens (tertiary/aromatic N) is 1. The zero-order valence-electron chi connectivity index (χ0n) is 15.4. The zero-order chi connectivity index (χ0) is 16.2. The van der Waals surface area contributed by atoms with Crippen molar-refractivity contribution >= 4 is 0 Å². The standard InChI is InChI=1S/C23H33N/c1-18-5-7-21(8-6-18)23-14-19-11-20(15-23)13-22(12-19,16-23)17-24-9-3-2-4-10-24/h5-8,19-20H,2-4,9-17H2,1H3. The Labute approximate surface area is 147 Å². The van der Waals surface area contributed by atoms with E-state index in [1.807, 2.05) is 0 Å². The molecule has 0 amide bonds. The van der Waals surface area contributed by atoms with Crippen molar-refractivity contribution < 1.29 is 0 Å². The van der Waals surface area contributed by atoms with Crippen molar-refractivity contribution in [3.8, 4) is 0 Å². The molecule has 130 valence electrons. The fourth-order valence-corrected chi connectivity index (χ4v) is 7.47. The van der Waals surface area contributed by atoms with Gasteiger partial charge in [0.05, 0.1) is 0 Å². The predicted molar refractivity (Wildman–Crippen MR) is 100 cm³/mol. The van der Waals surface area contributed by atoms with Gasteiger partial charge in [0, 0.05) is 6.54 Å². The van der Waals surface area contributed by atoms with Crippen molar-refractivity contribution in [2.24, 2.45) is 17.3 Å². The Morgan fingerprint density at radius 2 is 1.58 bits per heavy atom. The molecular weight excluding hydrogens is 290 g/mol. The van der Waals surface area contributed by atoms with Crippen LogP contribution in [0.5, 0.6) is 0 Å². The lowest BCUT2D eigenvalue weighted by Gasteiger charge is -2.63. The van der Waals surface area contributed by atoms with Crippen LogP contribution in [0, 0.1) is 24.2 Å². The normalized spacial score (nSPS) is 41.7. The number of hydrogen-bond acceptors (Lipinski definition) is 1. The van der Waals surface area contributed by atoms with E-state index in [1.54, 1.807) is 5.56 Å². The van der Waals surface area contributed by atoms with Gasteiger partial charge in [-0.1, -0.05) is 36.2 Å². The second kappa shape index (κ2) is 5.59. The van der Waals surface area contributed by atoms with Crippen LogP contribution in [0.1, 0.15) is 68.9 Å². The Hall–Kier alpha value is -0.820. The van der Waals surface area contributed by atoms with Gasteiger partial charge in [0.25, 0.3) is 0 Å². The van der Waals surface area contributed by atoms with Crippen molar-refractivity contribution in [2.45, 2.75) is 70.1 Å². The SMILES string of the molecule is Cc1ccc(C23CC4CC(CC(CN5CCCCC5)(C4)C2)C3)cc1. The third-order valence-electron chi connectivity index (χ3n) is 7.85. The predicted octanol–water partition coefficient (Wildman–Crippen LogP) is 5.32. The van der Waals surface area contributed by atoms with Gasteiger partial charge in [-0.15, -0.1) is 0 Å². The summed E-state index contributed by atoms with van der Waals surface area (Å²) in [6.07, 6.45) is 13.4. The molecule has 4 saturated carbocycles. The van der Waals surface area contributed by atoms with Crippen LogP contribution in [0.15, 0.2) is 24.3 Å². The summed E-state index contributed by atoms with van der Waals surface area (Å²) in [4.78, 5) is 2.83. The Balaban J connectivity index is 1.45. The highest BCUT2D eigenvalue weighted by atomic mass is 15.1. The summed E-state index contributed by atoms with van der Waals surface area (Å²) >= 11 is 0. The molecule has 0 aromatic heterocycles. The third kappa shape index (κ3) is 2.55. The van der Waals surface area contributed by atoms with E-state index < -0.39 is 0 Å². The molecule has 1 saturated heterocycles. The van der Waals surface area contributed by atoms with Crippen molar-refractivity contribution in [1.82, 2.24) is 4.90 Å². The van der Waals surface area contributed by atoms with Crippen molar-refractivity contribution in [2.75, 3.05) is 19.6 Å². The van der Waals surface area contributed by atoms with Gasteiger partial charge in [-0.25, -0.2) is 0 Å². The molecule has 4 bridgehead atoms. The van der Waals surface area contributed by atoms with E-state index in [2.05, 4.69) is 36.1 Å². The lowest BCUT2D eigenvalue weighted by atomic mass is 9.43. The molecule has 0 radical (unpaired) electrons. The van der Waals surface area contributed by atoms with E-state index >= 15 is 0 Å². The number of benzene rings is 1. The van der Waals surface area contributed by atoms with Crippen LogP contribution in [0.3, 0.4) is 0 Å². The summed E-state index contributed by atoms with van der Waals surface area (Å²) in [6.45, 7) is 6.37. The quantitative estimate of drug-likeness (QED) is 0.728. The number of aryl methyl sites for hydroxylation is 1. The van der Waals surface area contributed by atoms with Gasteiger partial charge in [0.2, 0.25) is 0 Å². The minimum Gasteiger partial charge on any atom is -0.303 e. The highest BCUT2D eigenvalue weighted by Crippen LogP contribution is 2.65. The molecule has 5 aliphatic rings. The first kappa shape index (κ1) is 15.4. The molecule has 1 aromatic carbocycles. The lowest BCUT2D eigenvalue weighted by molar-refractivity contribution is -0.0877. The van der Waals surface area contributed by atoms with Crippen molar-refractivity contribution in [3.05, 3.63) is 35.4 Å². The summed E-state index contributed by atoms with van der Waals surface area (Å²) in [6, 6.07) is 9.64. The summed E-state index contributed by atoms with van der Waals surface area (Å²) in [7, 11) is 0. The molecule has 24 heavy (non-hydrogen) atoms. The number of piperidine rings is 1. The van der Waals surface area contributed by atoms with Gasteiger partial charge >= 0.3 is 0 Å². The van der Waals surface area contributed by atoms with Gasteiger partial charge in [-0.3, -0.25) is 0 Å². The first-order chi connectivity index (χ1) is 11.6. The first-order valence-electron chi connectivity index (χ1n) is 10.4. The maximum atomic E-state index is 2.83. The van der Waals surface area contributed by atoms with Gasteiger partial charge in [0.15, 0.2) is 0 Å². The highest BCUT2D eigenvalue weighted by molar-refractivity contribution is 5.32. The molecule has 4 aliphatic carbocycles. The minimum absolute atomic E-state index is 0.521. The van der Waals surface area contributed by atoms with E-state index in [1.165, 1.54) is 83.0 Å². The minimum atomic E-state index is 0.521. The topological polar surface area (TPSA) is 3.24 Å². The Morgan fingerprint density at radius 1 is 0.917 bits per heavy atom. The Bertz CT molecular complexity index is 581. The second-order valence-electron chi connectivity index (χ2n) is 9.94. The number of rotatable bonds is 3. The fraction of sp³-hybridized carbons (Fsp3) is 0.739. The van der Waals surface area contributed by atoms with Gasteiger partial charge in [0.1, 0.15) is 0 Å². The maximum Gasteiger partial charge on any atom is 0.00385 e. The molecule has 5 fully saturated rings. The van der Waals surface area contributed by atoms with E-state index in [0.29, 0.717) is 10.8 Å². The van der Waals surface area contributed by atoms with Crippen molar-refractivity contribution in [3.63, 3.8) is 0 Å². The molecule has 2 atom stereocenters. The largest absolute Gasteiger partial charge is 0.303 e. The second-order valence-corrected chi connectivity index (χ2v) is 9.94. The Morgan fingerprint density at radius 3 is 2.25 bits per heavy atom. The molecule has 6 rings (SSSR count). The zero-order valence-corrected chi connectivity index (χ0v) is 15.4. The highest BCUT2D eigenvalue weighted by Gasteiger charge is 2.58. The van der Waals surface area contributed by atoms with Gasteiger partial charge in [-0.05, 0) is 99.6 Å². The van der Waals surface area contributed by atoms with E-state index in [0.717, 1.165) is 11.8 Å². The van der Waals surface area contributed by atoms with Crippen LogP contribution in [0.4, 0.5) is 0 Å². The van der Waals surface area contributed by atoms with Crippen LogP contribution in [0.2, 0.25) is 0 Å². The number of likely N-dealkylation sites (tertiary alicyclic amines) is 1.